The van der Waals surface area contributed by atoms with Crippen LogP contribution in [0.25, 0.3) is 0 Å². The van der Waals surface area contributed by atoms with Crippen LogP contribution in [0.3, 0.4) is 0 Å². The fourth-order valence-corrected chi connectivity index (χ4v) is 4.41. The molecule has 2 saturated carbocycles. The molecule has 1 N–H and O–H groups in total. The molecule has 1 aliphatic heterocycles. The number of hydrogen-bond acceptors (Lipinski definition) is 2. The zero-order valence-corrected chi connectivity index (χ0v) is 13.6. The Kier molecular flexibility index (Phi) is 3.69. The van der Waals surface area contributed by atoms with Crippen molar-refractivity contribution in [1.82, 2.24) is 5.32 Å². The molecule has 3 aliphatic rings. The van der Waals surface area contributed by atoms with E-state index in [0.29, 0.717) is 22.1 Å². The van der Waals surface area contributed by atoms with Crippen LogP contribution in [0.4, 0.5) is 0 Å². The molecule has 3 fully saturated rings. The fraction of sp³-hybridized carbons (Fsp3) is 0.647. The summed E-state index contributed by atoms with van der Waals surface area (Å²) in [6.07, 6.45) is 5.40. The van der Waals surface area contributed by atoms with E-state index in [-0.39, 0.29) is 5.41 Å². The van der Waals surface area contributed by atoms with E-state index in [1.165, 1.54) is 24.8 Å². The van der Waals surface area contributed by atoms with Crippen molar-refractivity contribution in [3.63, 3.8) is 0 Å². The average Bonchev–Trinajstić information content (AvgIpc) is 3.10. The van der Waals surface area contributed by atoms with Crippen LogP contribution in [0.5, 0.6) is 0 Å². The minimum absolute atomic E-state index is 0.183. The molecule has 0 amide bonds. The number of nitrogens with one attached hydrogen (secondary N) is 1. The topological polar surface area (TPSA) is 21.3 Å². The monoisotopic (exact) mass is 325 g/mol. The summed E-state index contributed by atoms with van der Waals surface area (Å²) >= 11 is 12.3. The van der Waals surface area contributed by atoms with Crippen molar-refractivity contribution < 1.29 is 4.74 Å². The smallest absolute Gasteiger partial charge is 0.0595 e. The first-order valence-corrected chi connectivity index (χ1v) is 8.71. The van der Waals surface area contributed by atoms with E-state index >= 15 is 0 Å². The molecule has 1 aromatic rings. The van der Waals surface area contributed by atoms with Crippen molar-refractivity contribution in [3.8, 4) is 0 Å². The van der Waals surface area contributed by atoms with Gasteiger partial charge in [-0.1, -0.05) is 29.3 Å². The van der Waals surface area contributed by atoms with E-state index in [1.54, 1.807) is 0 Å². The molecule has 4 rings (SSSR count). The Labute approximate surface area is 136 Å². The first-order valence-electron chi connectivity index (χ1n) is 7.95. The van der Waals surface area contributed by atoms with Crippen molar-refractivity contribution in [2.45, 2.75) is 37.2 Å². The third-order valence-corrected chi connectivity index (χ3v) is 6.25. The summed E-state index contributed by atoms with van der Waals surface area (Å²) < 4.78 is 6.18. The second-order valence-electron chi connectivity index (χ2n) is 6.95. The lowest BCUT2D eigenvalue weighted by Gasteiger charge is -2.29. The van der Waals surface area contributed by atoms with Crippen molar-refractivity contribution in [2.75, 3.05) is 19.7 Å². The zero-order chi connectivity index (χ0) is 14.4. The first kappa shape index (κ1) is 14.3. The molecule has 3 atom stereocenters. The van der Waals surface area contributed by atoms with E-state index < -0.39 is 0 Å². The molecule has 0 unspecified atom stereocenters. The van der Waals surface area contributed by atoms with Gasteiger partial charge in [0.25, 0.3) is 0 Å². The predicted molar refractivity (Wildman–Crippen MR) is 86.2 cm³/mol. The Morgan fingerprint density at radius 1 is 1.24 bits per heavy atom. The van der Waals surface area contributed by atoms with Crippen molar-refractivity contribution in [2.24, 2.45) is 11.8 Å². The van der Waals surface area contributed by atoms with E-state index in [4.69, 9.17) is 27.9 Å². The van der Waals surface area contributed by atoms with Crippen LogP contribution in [0, 0.1) is 11.8 Å². The molecule has 1 aromatic carbocycles. The van der Waals surface area contributed by atoms with Gasteiger partial charge in [-0.25, -0.2) is 0 Å². The lowest BCUT2D eigenvalue weighted by atomic mass is 9.74. The lowest BCUT2D eigenvalue weighted by Crippen LogP contribution is -2.31. The molecule has 114 valence electrons. The molecule has 21 heavy (non-hydrogen) atoms. The highest BCUT2D eigenvalue weighted by Crippen LogP contribution is 2.50. The summed E-state index contributed by atoms with van der Waals surface area (Å²) in [7, 11) is 0. The lowest BCUT2D eigenvalue weighted by molar-refractivity contribution is 0.0446. The molecule has 2 nitrogen and oxygen atoms in total. The van der Waals surface area contributed by atoms with Gasteiger partial charge >= 0.3 is 0 Å². The number of halogens is 2. The zero-order valence-electron chi connectivity index (χ0n) is 12.1. The standard InChI is InChI=1S/C17H21Cl2NO/c18-15-4-3-12(6-16(15)19)17-7-14(21-9-11-1-2-11)5-13(17)8-20-10-17/h3-4,6,11,13-14,20H,1-2,5,7-10H2/t13-,14-,17+/m1/s1. The Morgan fingerprint density at radius 2 is 2.10 bits per heavy atom. The van der Waals surface area contributed by atoms with Crippen LogP contribution < -0.4 is 5.32 Å². The Morgan fingerprint density at radius 3 is 2.86 bits per heavy atom. The highest BCUT2D eigenvalue weighted by molar-refractivity contribution is 6.42. The van der Waals surface area contributed by atoms with Gasteiger partial charge in [0.1, 0.15) is 0 Å². The van der Waals surface area contributed by atoms with Crippen LogP contribution in [-0.4, -0.2) is 25.8 Å². The third kappa shape index (κ3) is 2.61. The van der Waals surface area contributed by atoms with E-state index in [0.717, 1.165) is 32.0 Å². The highest BCUT2D eigenvalue weighted by Gasteiger charge is 2.51. The third-order valence-electron chi connectivity index (χ3n) is 5.51. The minimum atomic E-state index is 0.183. The second kappa shape index (κ2) is 5.42. The molecular formula is C17H21Cl2NO. The number of benzene rings is 1. The van der Waals surface area contributed by atoms with Gasteiger partial charge < -0.3 is 10.1 Å². The average molecular weight is 326 g/mol. The van der Waals surface area contributed by atoms with Crippen LogP contribution in [0.2, 0.25) is 10.0 Å². The quantitative estimate of drug-likeness (QED) is 0.902. The van der Waals surface area contributed by atoms with Gasteiger partial charge in [-0.2, -0.15) is 0 Å². The number of fused-ring (bicyclic) bond motifs is 1. The molecule has 1 saturated heterocycles. The Bertz CT molecular complexity index is 546. The Hall–Kier alpha value is -0.280. The number of hydrogen-bond donors (Lipinski definition) is 1. The maximum Gasteiger partial charge on any atom is 0.0595 e. The van der Waals surface area contributed by atoms with Crippen molar-refractivity contribution >= 4 is 23.2 Å². The molecular weight excluding hydrogens is 305 g/mol. The van der Waals surface area contributed by atoms with E-state index in [1.807, 2.05) is 6.07 Å². The summed E-state index contributed by atoms with van der Waals surface area (Å²) in [5.74, 6) is 1.49. The van der Waals surface area contributed by atoms with Gasteiger partial charge in [-0.05, 0) is 61.8 Å². The fourth-order valence-electron chi connectivity index (χ4n) is 4.11. The van der Waals surface area contributed by atoms with Gasteiger partial charge in [0.05, 0.1) is 16.1 Å². The van der Waals surface area contributed by atoms with Gasteiger partial charge in [0, 0.05) is 18.6 Å². The van der Waals surface area contributed by atoms with Crippen LogP contribution in [0.1, 0.15) is 31.2 Å². The maximum atomic E-state index is 6.24. The molecule has 4 heteroatoms. The summed E-state index contributed by atoms with van der Waals surface area (Å²) in [6, 6.07) is 6.15. The normalized spacial score (nSPS) is 35.1. The number of ether oxygens (including phenoxy) is 1. The SMILES string of the molecule is Clc1ccc([C@]23CNC[C@H]2C[C@@H](OCC2CC2)C3)cc1Cl. The van der Waals surface area contributed by atoms with Gasteiger partial charge in [0.2, 0.25) is 0 Å². The maximum absolute atomic E-state index is 6.24. The van der Waals surface area contributed by atoms with Crippen LogP contribution in [-0.2, 0) is 10.2 Å². The van der Waals surface area contributed by atoms with Gasteiger partial charge in [-0.15, -0.1) is 0 Å². The van der Waals surface area contributed by atoms with E-state index in [2.05, 4.69) is 17.4 Å². The van der Waals surface area contributed by atoms with Crippen LogP contribution in [0.15, 0.2) is 18.2 Å². The molecule has 0 spiro atoms. The summed E-state index contributed by atoms with van der Waals surface area (Å²) in [4.78, 5) is 0. The van der Waals surface area contributed by atoms with E-state index in [9.17, 15) is 0 Å². The summed E-state index contributed by atoms with van der Waals surface area (Å²) in [5.41, 5.74) is 1.51. The second-order valence-corrected chi connectivity index (χ2v) is 7.77. The predicted octanol–water partition coefficient (Wildman–Crippen LogP) is 4.04. The highest BCUT2D eigenvalue weighted by atomic mass is 35.5. The molecule has 0 bridgehead atoms. The molecule has 2 aliphatic carbocycles. The minimum Gasteiger partial charge on any atom is -0.378 e. The summed E-state index contributed by atoms with van der Waals surface area (Å²) in [6.45, 7) is 3.07. The van der Waals surface area contributed by atoms with Crippen LogP contribution >= 0.6 is 23.2 Å². The van der Waals surface area contributed by atoms with Crippen molar-refractivity contribution in [3.05, 3.63) is 33.8 Å². The van der Waals surface area contributed by atoms with Crippen molar-refractivity contribution in [1.29, 1.82) is 0 Å². The molecule has 1 heterocycles. The Balaban J connectivity index is 1.56. The number of rotatable bonds is 4. The largest absolute Gasteiger partial charge is 0.378 e. The molecule has 0 radical (unpaired) electrons. The van der Waals surface area contributed by atoms with Gasteiger partial charge in [0.15, 0.2) is 0 Å². The summed E-state index contributed by atoms with van der Waals surface area (Å²) in [5, 5.41) is 4.87. The first-order chi connectivity index (χ1) is 10.2. The van der Waals surface area contributed by atoms with Gasteiger partial charge in [-0.3, -0.25) is 0 Å². The molecule has 0 aromatic heterocycles.